The van der Waals surface area contributed by atoms with Gasteiger partial charge in [0.25, 0.3) is 5.91 Å². The number of benzene rings is 2. The predicted octanol–water partition coefficient (Wildman–Crippen LogP) is 4.68. The Labute approximate surface area is 156 Å². The maximum atomic E-state index is 14.1. The maximum absolute atomic E-state index is 14.1. The normalized spacial score (nSPS) is 11.0. The molecule has 0 spiro atoms. The Balaban J connectivity index is 1.90. The van der Waals surface area contributed by atoms with Gasteiger partial charge in [-0.15, -0.1) is 0 Å². The zero-order chi connectivity index (χ0) is 20.4. The molecule has 1 heterocycles. The van der Waals surface area contributed by atoms with E-state index < -0.39 is 35.6 Å². The van der Waals surface area contributed by atoms with Crippen molar-refractivity contribution in [2.75, 3.05) is 12.4 Å². The van der Waals surface area contributed by atoms with Gasteiger partial charge in [-0.05, 0) is 25.1 Å². The number of anilines is 1. The first-order valence-corrected chi connectivity index (χ1v) is 7.99. The van der Waals surface area contributed by atoms with Gasteiger partial charge >= 0.3 is 6.61 Å². The van der Waals surface area contributed by atoms with E-state index in [9.17, 15) is 22.4 Å². The van der Waals surface area contributed by atoms with Crippen LogP contribution in [0.4, 0.5) is 23.2 Å². The van der Waals surface area contributed by atoms with Crippen LogP contribution >= 0.6 is 0 Å². The summed E-state index contributed by atoms with van der Waals surface area (Å²) in [6.07, 6.45) is 0. The number of ether oxygens (including phenoxy) is 2. The van der Waals surface area contributed by atoms with Crippen molar-refractivity contribution < 1.29 is 31.8 Å². The first-order valence-electron chi connectivity index (χ1n) is 7.99. The van der Waals surface area contributed by atoms with Gasteiger partial charge in [0, 0.05) is 23.6 Å². The Hall–Kier alpha value is -3.36. The molecule has 0 saturated carbocycles. The largest absolute Gasteiger partial charge is 0.497 e. The number of aryl methyl sites for hydroxylation is 1. The molecule has 9 heteroatoms. The first kappa shape index (κ1) is 19.4. The van der Waals surface area contributed by atoms with E-state index in [4.69, 9.17) is 4.74 Å². The number of rotatable bonds is 5. The predicted molar refractivity (Wildman–Crippen MR) is 94.0 cm³/mol. The van der Waals surface area contributed by atoms with Crippen LogP contribution in [0.1, 0.15) is 16.1 Å². The van der Waals surface area contributed by atoms with Crippen LogP contribution in [0.15, 0.2) is 36.4 Å². The maximum Gasteiger partial charge on any atom is 0.387 e. The van der Waals surface area contributed by atoms with Crippen molar-refractivity contribution in [2.45, 2.75) is 13.5 Å². The van der Waals surface area contributed by atoms with Crippen LogP contribution in [0.3, 0.4) is 0 Å². The summed E-state index contributed by atoms with van der Waals surface area (Å²) in [7, 11) is 1.52. The number of fused-ring (bicyclic) bond motifs is 1. The van der Waals surface area contributed by atoms with Crippen LogP contribution in [-0.4, -0.2) is 24.6 Å². The second-order valence-corrected chi connectivity index (χ2v) is 5.78. The number of alkyl halides is 2. The first-order chi connectivity index (χ1) is 13.3. The average Bonchev–Trinajstić information content (AvgIpc) is 2.64. The van der Waals surface area contributed by atoms with Crippen molar-refractivity contribution in [3.63, 3.8) is 0 Å². The lowest BCUT2D eigenvalue weighted by Gasteiger charge is -2.12. The Morgan fingerprint density at radius 2 is 1.86 bits per heavy atom. The second kappa shape index (κ2) is 7.71. The van der Waals surface area contributed by atoms with Gasteiger partial charge in [0.2, 0.25) is 0 Å². The van der Waals surface area contributed by atoms with E-state index in [1.165, 1.54) is 7.11 Å². The van der Waals surface area contributed by atoms with E-state index in [1.807, 2.05) is 0 Å². The molecule has 0 bridgehead atoms. The number of methoxy groups -OCH3 is 1. The molecule has 0 atom stereocenters. The van der Waals surface area contributed by atoms with Gasteiger partial charge in [0.05, 0.1) is 29.6 Å². The highest BCUT2D eigenvalue weighted by Gasteiger charge is 2.18. The molecule has 1 amide bonds. The minimum atomic E-state index is -3.31. The summed E-state index contributed by atoms with van der Waals surface area (Å²) in [6, 6.07) is 7.65. The molecule has 0 aliphatic heterocycles. The van der Waals surface area contributed by atoms with Gasteiger partial charge in [-0.3, -0.25) is 9.78 Å². The number of pyridine rings is 1. The lowest BCUT2D eigenvalue weighted by atomic mass is 10.1. The molecule has 146 valence electrons. The number of amides is 1. The van der Waals surface area contributed by atoms with Crippen LogP contribution < -0.4 is 14.8 Å². The summed E-state index contributed by atoms with van der Waals surface area (Å²) in [5.74, 6) is -3.45. The molecule has 0 aliphatic rings. The summed E-state index contributed by atoms with van der Waals surface area (Å²) in [5.41, 5.74) is 0.583. The fourth-order valence-electron chi connectivity index (χ4n) is 2.60. The summed E-state index contributed by atoms with van der Waals surface area (Å²) in [5, 5.41) is 2.86. The van der Waals surface area contributed by atoms with Gasteiger partial charge in [-0.25, -0.2) is 8.78 Å². The highest BCUT2D eigenvalue weighted by atomic mass is 19.3. The molecular weight excluding hydrogens is 380 g/mol. The molecule has 3 rings (SSSR count). The van der Waals surface area contributed by atoms with Crippen LogP contribution in [0, 0.1) is 18.6 Å². The van der Waals surface area contributed by atoms with Gasteiger partial charge in [-0.1, -0.05) is 0 Å². The third-order valence-corrected chi connectivity index (χ3v) is 3.95. The molecule has 0 fully saturated rings. The summed E-state index contributed by atoms with van der Waals surface area (Å²) < 4.78 is 61.2. The van der Waals surface area contributed by atoms with E-state index in [0.717, 1.165) is 0 Å². The summed E-state index contributed by atoms with van der Waals surface area (Å²) >= 11 is 0. The van der Waals surface area contributed by atoms with Gasteiger partial charge < -0.3 is 14.8 Å². The number of hydrogen-bond acceptors (Lipinski definition) is 4. The fourth-order valence-corrected chi connectivity index (χ4v) is 2.60. The molecule has 28 heavy (non-hydrogen) atoms. The number of nitrogens with one attached hydrogen (secondary N) is 1. The lowest BCUT2D eigenvalue weighted by Crippen LogP contribution is -2.16. The molecule has 0 aliphatic carbocycles. The molecule has 0 saturated heterocycles. The van der Waals surface area contributed by atoms with E-state index in [0.29, 0.717) is 34.5 Å². The van der Waals surface area contributed by atoms with Crippen LogP contribution in [0.5, 0.6) is 11.5 Å². The van der Waals surface area contributed by atoms with Crippen molar-refractivity contribution in [1.82, 2.24) is 4.98 Å². The summed E-state index contributed by atoms with van der Waals surface area (Å²) in [4.78, 5) is 16.8. The number of aromatic nitrogens is 1. The van der Waals surface area contributed by atoms with Crippen LogP contribution in [0.25, 0.3) is 10.9 Å². The molecule has 1 aromatic heterocycles. The fraction of sp³-hybridized carbons (Fsp3) is 0.158. The number of hydrogen-bond donors (Lipinski definition) is 1. The quantitative estimate of drug-likeness (QED) is 0.638. The van der Waals surface area contributed by atoms with E-state index in [2.05, 4.69) is 15.0 Å². The number of nitrogens with zero attached hydrogens (tertiary/aromatic N) is 1. The van der Waals surface area contributed by atoms with E-state index >= 15 is 0 Å². The molecule has 0 radical (unpaired) electrons. The molecular formula is C19H14F4N2O3. The Morgan fingerprint density at radius 1 is 1.11 bits per heavy atom. The van der Waals surface area contributed by atoms with E-state index in [1.54, 1.807) is 31.2 Å². The third kappa shape index (κ3) is 3.98. The van der Waals surface area contributed by atoms with Crippen molar-refractivity contribution in [1.29, 1.82) is 0 Å². The summed E-state index contributed by atoms with van der Waals surface area (Å²) in [6.45, 7) is -1.72. The Bertz CT molecular complexity index is 1060. The van der Waals surface area contributed by atoms with Gasteiger partial charge in [0.15, 0.2) is 17.4 Å². The Kier molecular flexibility index (Phi) is 5.34. The van der Waals surface area contributed by atoms with Gasteiger partial charge in [-0.2, -0.15) is 8.78 Å². The highest BCUT2D eigenvalue weighted by Crippen LogP contribution is 2.27. The minimum Gasteiger partial charge on any atom is -0.497 e. The lowest BCUT2D eigenvalue weighted by molar-refractivity contribution is -0.0523. The number of carbonyl (C=O) groups is 1. The molecule has 0 unspecified atom stereocenters. The smallest absolute Gasteiger partial charge is 0.387 e. The zero-order valence-electron chi connectivity index (χ0n) is 14.7. The average molecular weight is 394 g/mol. The molecule has 5 nitrogen and oxygen atoms in total. The minimum absolute atomic E-state index is 0.144. The monoisotopic (exact) mass is 394 g/mol. The third-order valence-electron chi connectivity index (χ3n) is 3.95. The molecule has 2 aromatic carbocycles. The number of halogens is 4. The van der Waals surface area contributed by atoms with Crippen molar-refractivity contribution in [2.24, 2.45) is 0 Å². The topological polar surface area (TPSA) is 60.5 Å². The molecule has 1 N–H and O–H groups in total. The highest BCUT2D eigenvalue weighted by molar-refractivity contribution is 6.07. The van der Waals surface area contributed by atoms with Crippen molar-refractivity contribution >= 4 is 22.5 Å². The Morgan fingerprint density at radius 3 is 2.54 bits per heavy atom. The van der Waals surface area contributed by atoms with Crippen molar-refractivity contribution in [3.05, 3.63) is 59.3 Å². The van der Waals surface area contributed by atoms with Crippen molar-refractivity contribution in [3.8, 4) is 11.5 Å². The standard InChI is InChI=1S/C19H14F4N2O3/c1-9-12(5-10-3-4-11(27-2)6-15(10)24-9)18(26)25-16-7-14(21)17(8-13(16)20)28-19(22)23/h3-8,19H,1-2H3,(H,25,26). The van der Waals surface area contributed by atoms with E-state index in [-0.39, 0.29) is 5.56 Å². The SMILES string of the molecule is COc1ccc2cc(C(=O)Nc3cc(F)c(OC(F)F)cc3F)c(C)nc2c1. The van der Waals surface area contributed by atoms with Crippen LogP contribution in [-0.2, 0) is 0 Å². The second-order valence-electron chi connectivity index (χ2n) is 5.78. The zero-order valence-corrected chi connectivity index (χ0v) is 14.7. The molecule has 3 aromatic rings. The van der Waals surface area contributed by atoms with Crippen LogP contribution in [0.2, 0.25) is 0 Å². The number of carbonyl (C=O) groups excluding carboxylic acids is 1. The van der Waals surface area contributed by atoms with Gasteiger partial charge in [0.1, 0.15) is 5.75 Å².